The molecule has 3 N–H and O–H groups in total. The number of ether oxygens (including phenoxy) is 3. The molecule has 0 aromatic heterocycles. The van der Waals surface area contributed by atoms with Crippen LogP contribution in [0.3, 0.4) is 0 Å². The zero-order chi connectivity index (χ0) is 19.8. The first-order chi connectivity index (χ1) is 12.9. The Morgan fingerprint density at radius 1 is 1.00 bits per heavy atom. The maximum absolute atomic E-state index is 11.8. The molecule has 2 aromatic rings. The fourth-order valence-corrected chi connectivity index (χ4v) is 2.33. The van der Waals surface area contributed by atoms with Gasteiger partial charge in [0.1, 0.15) is 17.1 Å². The summed E-state index contributed by atoms with van der Waals surface area (Å²) in [6.45, 7) is -0.137. The fourth-order valence-electron chi connectivity index (χ4n) is 2.33. The SMILES string of the molecule is COc1ccc(CCNC(=O)COC(=O)c2ccc(O)cc2O)cc1OC. The topological polar surface area (TPSA) is 114 Å². The van der Waals surface area contributed by atoms with Crippen LogP contribution in [-0.2, 0) is 16.0 Å². The van der Waals surface area contributed by atoms with E-state index in [0.717, 1.165) is 11.6 Å². The van der Waals surface area contributed by atoms with E-state index in [0.29, 0.717) is 24.5 Å². The molecule has 0 atom stereocenters. The first kappa shape index (κ1) is 19.9. The van der Waals surface area contributed by atoms with Gasteiger partial charge in [0.05, 0.1) is 14.2 Å². The number of phenols is 2. The summed E-state index contributed by atoms with van der Waals surface area (Å²) in [6.07, 6.45) is 0.554. The van der Waals surface area contributed by atoms with Gasteiger partial charge in [0.2, 0.25) is 0 Å². The van der Waals surface area contributed by atoms with E-state index in [1.54, 1.807) is 20.3 Å². The van der Waals surface area contributed by atoms with Crippen molar-refractivity contribution in [2.24, 2.45) is 0 Å². The van der Waals surface area contributed by atoms with Gasteiger partial charge in [-0.15, -0.1) is 0 Å². The summed E-state index contributed by atoms with van der Waals surface area (Å²) in [5, 5.41) is 21.4. The number of benzene rings is 2. The van der Waals surface area contributed by atoms with Crippen molar-refractivity contribution in [1.29, 1.82) is 0 Å². The summed E-state index contributed by atoms with van der Waals surface area (Å²) in [7, 11) is 3.10. The van der Waals surface area contributed by atoms with Gasteiger partial charge in [-0.3, -0.25) is 4.79 Å². The second-order valence-corrected chi connectivity index (χ2v) is 5.57. The summed E-state index contributed by atoms with van der Waals surface area (Å²) in [4.78, 5) is 23.6. The molecule has 0 aliphatic carbocycles. The van der Waals surface area contributed by atoms with E-state index in [9.17, 15) is 19.8 Å². The molecular formula is C19H21NO7. The van der Waals surface area contributed by atoms with Crippen LogP contribution >= 0.6 is 0 Å². The molecule has 27 heavy (non-hydrogen) atoms. The number of hydrogen-bond donors (Lipinski definition) is 3. The van der Waals surface area contributed by atoms with E-state index in [2.05, 4.69) is 5.32 Å². The molecule has 0 saturated heterocycles. The number of carbonyl (C=O) groups is 2. The molecule has 0 aliphatic rings. The number of amides is 1. The minimum atomic E-state index is -0.859. The van der Waals surface area contributed by atoms with Crippen molar-refractivity contribution in [3.8, 4) is 23.0 Å². The Kier molecular flexibility index (Phi) is 6.87. The van der Waals surface area contributed by atoms with Gasteiger partial charge in [0, 0.05) is 12.6 Å². The molecule has 2 aromatic carbocycles. The van der Waals surface area contributed by atoms with E-state index in [1.165, 1.54) is 12.1 Å². The van der Waals surface area contributed by atoms with Gasteiger partial charge < -0.3 is 29.7 Å². The Balaban J connectivity index is 1.78. The summed E-state index contributed by atoms with van der Waals surface area (Å²) in [5.41, 5.74) is 0.810. The number of phenolic OH excluding ortho intramolecular Hbond substituents is 2. The van der Waals surface area contributed by atoms with Gasteiger partial charge >= 0.3 is 5.97 Å². The van der Waals surface area contributed by atoms with Crippen LogP contribution in [0.5, 0.6) is 23.0 Å². The highest BCUT2D eigenvalue weighted by Gasteiger charge is 2.14. The maximum atomic E-state index is 11.8. The third-order valence-electron chi connectivity index (χ3n) is 3.72. The number of esters is 1. The second kappa shape index (κ2) is 9.33. The highest BCUT2D eigenvalue weighted by Crippen LogP contribution is 2.27. The molecule has 8 heteroatoms. The Morgan fingerprint density at radius 2 is 1.74 bits per heavy atom. The Morgan fingerprint density at radius 3 is 2.41 bits per heavy atom. The van der Waals surface area contributed by atoms with Crippen molar-refractivity contribution in [3.05, 3.63) is 47.5 Å². The number of rotatable bonds is 8. The van der Waals surface area contributed by atoms with Crippen LogP contribution in [0.4, 0.5) is 0 Å². The third-order valence-corrected chi connectivity index (χ3v) is 3.72. The van der Waals surface area contributed by atoms with Gasteiger partial charge in [-0.1, -0.05) is 6.07 Å². The quantitative estimate of drug-likeness (QED) is 0.601. The summed E-state index contributed by atoms with van der Waals surface area (Å²) < 4.78 is 15.2. The van der Waals surface area contributed by atoms with E-state index in [-0.39, 0.29) is 11.3 Å². The molecule has 0 spiro atoms. The van der Waals surface area contributed by atoms with Gasteiger partial charge in [-0.25, -0.2) is 4.79 Å². The van der Waals surface area contributed by atoms with Crippen molar-refractivity contribution in [1.82, 2.24) is 5.32 Å². The molecular weight excluding hydrogens is 354 g/mol. The lowest BCUT2D eigenvalue weighted by atomic mass is 10.1. The predicted octanol–water partition coefficient (Wildman–Crippen LogP) is 1.63. The Bertz CT molecular complexity index is 820. The van der Waals surface area contributed by atoms with Crippen molar-refractivity contribution in [2.75, 3.05) is 27.4 Å². The number of aromatic hydroxyl groups is 2. The van der Waals surface area contributed by atoms with Crippen LogP contribution in [0.25, 0.3) is 0 Å². The number of hydrogen-bond acceptors (Lipinski definition) is 7. The second-order valence-electron chi connectivity index (χ2n) is 5.57. The van der Waals surface area contributed by atoms with Gasteiger partial charge in [0.15, 0.2) is 18.1 Å². The third kappa shape index (κ3) is 5.53. The van der Waals surface area contributed by atoms with Crippen LogP contribution in [0.1, 0.15) is 15.9 Å². The molecule has 0 fully saturated rings. The normalized spacial score (nSPS) is 10.1. The molecule has 0 aliphatic heterocycles. The lowest BCUT2D eigenvalue weighted by molar-refractivity contribution is -0.124. The summed E-state index contributed by atoms with van der Waals surface area (Å²) in [6, 6.07) is 8.92. The van der Waals surface area contributed by atoms with Gasteiger partial charge in [-0.2, -0.15) is 0 Å². The van der Waals surface area contributed by atoms with Crippen LogP contribution in [0, 0.1) is 0 Å². The van der Waals surface area contributed by atoms with Crippen LogP contribution in [0.2, 0.25) is 0 Å². The van der Waals surface area contributed by atoms with E-state index in [4.69, 9.17) is 14.2 Å². The zero-order valence-electron chi connectivity index (χ0n) is 15.0. The minimum absolute atomic E-state index is 0.133. The molecule has 0 unspecified atom stereocenters. The number of methoxy groups -OCH3 is 2. The summed E-state index contributed by atoms with van der Waals surface area (Å²) >= 11 is 0. The molecule has 0 saturated carbocycles. The average Bonchev–Trinajstić information content (AvgIpc) is 2.66. The first-order valence-electron chi connectivity index (χ1n) is 8.11. The van der Waals surface area contributed by atoms with Crippen molar-refractivity contribution < 1.29 is 34.0 Å². The lowest BCUT2D eigenvalue weighted by Crippen LogP contribution is -2.30. The van der Waals surface area contributed by atoms with E-state index < -0.39 is 24.2 Å². The predicted molar refractivity (Wildman–Crippen MR) is 96.3 cm³/mol. The van der Waals surface area contributed by atoms with Crippen LogP contribution < -0.4 is 14.8 Å². The van der Waals surface area contributed by atoms with Crippen LogP contribution in [-0.4, -0.2) is 49.5 Å². The average molecular weight is 375 g/mol. The minimum Gasteiger partial charge on any atom is -0.508 e. The standard InChI is InChI=1S/C19H21NO7/c1-25-16-6-3-12(9-17(16)26-2)7-8-20-18(23)11-27-19(24)14-5-4-13(21)10-15(14)22/h3-6,9-10,21-22H,7-8,11H2,1-2H3,(H,20,23). The first-order valence-corrected chi connectivity index (χ1v) is 8.11. The zero-order valence-corrected chi connectivity index (χ0v) is 15.0. The molecule has 2 rings (SSSR count). The maximum Gasteiger partial charge on any atom is 0.342 e. The van der Waals surface area contributed by atoms with Crippen molar-refractivity contribution in [3.63, 3.8) is 0 Å². The van der Waals surface area contributed by atoms with E-state index in [1.807, 2.05) is 12.1 Å². The molecule has 0 radical (unpaired) electrons. The highest BCUT2D eigenvalue weighted by molar-refractivity contribution is 5.94. The molecule has 0 heterocycles. The Labute approximate surface area is 156 Å². The van der Waals surface area contributed by atoms with Gasteiger partial charge in [-0.05, 0) is 36.2 Å². The van der Waals surface area contributed by atoms with Gasteiger partial charge in [0.25, 0.3) is 5.91 Å². The smallest absolute Gasteiger partial charge is 0.342 e. The lowest BCUT2D eigenvalue weighted by Gasteiger charge is -2.10. The number of nitrogens with one attached hydrogen (secondary N) is 1. The number of carbonyl (C=O) groups excluding carboxylic acids is 2. The molecule has 1 amide bonds. The van der Waals surface area contributed by atoms with Crippen LogP contribution in [0.15, 0.2) is 36.4 Å². The molecule has 144 valence electrons. The highest BCUT2D eigenvalue weighted by atomic mass is 16.5. The molecule has 0 bridgehead atoms. The Hall–Kier alpha value is -3.42. The van der Waals surface area contributed by atoms with Crippen molar-refractivity contribution in [2.45, 2.75) is 6.42 Å². The van der Waals surface area contributed by atoms with Crippen molar-refractivity contribution >= 4 is 11.9 Å². The monoisotopic (exact) mass is 375 g/mol. The fraction of sp³-hybridized carbons (Fsp3) is 0.263. The van der Waals surface area contributed by atoms with E-state index >= 15 is 0 Å². The molecule has 8 nitrogen and oxygen atoms in total. The largest absolute Gasteiger partial charge is 0.508 e. The summed E-state index contributed by atoms with van der Waals surface area (Å²) in [5.74, 6) is -0.714.